The molecule has 2 aromatic heterocycles. The molecule has 30 heavy (non-hydrogen) atoms. The average Bonchev–Trinajstić information content (AvgIpc) is 3.30. The van der Waals surface area contributed by atoms with Gasteiger partial charge in [0.05, 0.1) is 17.9 Å². The Bertz CT molecular complexity index is 897. The number of aromatic nitrogens is 3. The van der Waals surface area contributed by atoms with Gasteiger partial charge in [0.2, 0.25) is 0 Å². The van der Waals surface area contributed by atoms with Crippen LogP contribution in [0.5, 0.6) is 0 Å². The maximum absolute atomic E-state index is 12.2. The number of amides is 1. The van der Waals surface area contributed by atoms with Crippen molar-refractivity contribution in [3.8, 4) is 0 Å². The third-order valence-electron chi connectivity index (χ3n) is 4.89. The first-order valence-corrected chi connectivity index (χ1v) is 10.1. The Morgan fingerprint density at radius 3 is 2.77 bits per heavy atom. The maximum atomic E-state index is 12.2. The minimum absolute atomic E-state index is 0.0901. The summed E-state index contributed by atoms with van der Waals surface area (Å²) in [5.74, 6) is -0.204. The molecule has 164 valence electrons. The van der Waals surface area contributed by atoms with E-state index in [1.54, 1.807) is 18.4 Å². The van der Waals surface area contributed by atoms with Crippen LogP contribution in [0.4, 0.5) is 10.6 Å². The van der Waals surface area contributed by atoms with Gasteiger partial charge in [-0.3, -0.25) is 0 Å². The van der Waals surface area contributed by atoms with Crippen LogP contribution < -0.4 is 11.1 Å². The molecule has 1 saturated heterocycles. The van der Waals surface area contributed by atoms with Crippen LogP contribution in [0.25, 0.3) is 5.52 Å². The van der Waals surface area contributed by atoms with Crippen molar-refractivity contribution in [2.24, 2.45) is 5.92 Å². The number of alkyl carbamates (subject to hydrolysis) is 1. The normalized spacial score (nSPS) is 19.9. The molecule has 10 heteroatoms. The van der Waals surface area contributed by atoms with E-state index < -0.39 is 18.1 Å². The number of ether oxygens (including phenoxy) is 3. The number of anilines is 1. The summed E-state index contributed by atoms with van der Waals surface area (Å²) < 4.78 is 18.3. The highest BCUT2D eigenvalue weighted by Gasteiger charge is 2.31. The predicted octanol–water partition coefficient (Wildman–Crippen LogP) is 2.23. The molecule has 1 amide bonds. The first-order valence-electron chi connectivity index (χ1n) is 10.1. The van der Waals surface area contributed by atoms with Gasteiger partial charge < -0.3 is 25.3 Å². The maximum Gasteiger partial charge on any atom is 0.407 e. The molecule has 0 radical (unpaired) electrons. The number of fused-ring (bicyclic) bond motifs is 1. The number of nitrogens with two attached hydrogens (primary N) is 1. The minimum Gasteiger partial charge on any atom is -0.461 e. The highest BCUT2D eigenvalue weighted by Crippen LogP contribution is 2.33. The van der Waals surface area contributed by atoms with Gasteiger partial charge in [-0.05, 0) is 44.7 Å². The zero-order valence-corrected chi connectivity index (χ0v) is 17.7. The van der Waals surface area contributed by atoms with Crippen LogP contribution in [0.2, 0.25) is 0 Å². The largest absolute Gasteiger partial charge is 0.461 e. The Morgan fingerprint density at radius 1 is 1.30 bits per heavy atom. The Kier molecular flexibility index (Phi) is 6.76. The van der Waals surface area contributed by atoms with E-state index in [4.69, 9.17) is 19.9 Å². The van der Waals surface area contributed by atoms with E-state index in [9.17, 15) is 9.59 Å². The second-order valence-corrected chi connectivity index (χ2v) is 7.97. The van der Waals surface area contributed by atoms with Gasteiger partial charge >= 0.3 is 12.1 Å². The van der Waals surface area contributed by atoms with Gasteiger partial charge in [-0.2, -0.15) is 5.10 Å². The van der Waals surface area contributed by atoms with E-state index in [1.807, 2.05) is 26.0 Å². The average molecular weight is 419 g/mol. The summed E-state index contributed by atoms with van der Waals surface area (Å²) in [6, 6.07) is 3.00. The molecule has 1 fully saturated rings. The topological polar surface area (TPSA) is 130 Å². The van der Waals surface area contributed by atoms with Crippen LogP contribution in [-0.4, -0.2) is 51.5 Å². The third kappa shape index (κ3) is 4.99. The Labute approximate surface area is 175 Å². The number of carbonyl (C=O) groups is 2. The molecule has 0 aliphatic carbocycles. The van der Waals surface area contributed by atoms with Gasteiger partial charge in [0.1, 0.15) is 30.6 Å². The number of nitrogen functional groups attached to an aromatic ring is 1. The molecule has 0 bridgehead atoms. The zero-order chi connectivity index (χ0) is 21.8. The van der Waals surface area contributed by atoms with Crippen molar-refractivity contribution < 1.29 is 23.8 Å². The number of esters is 1. The van der Waals surface area contributed by atoms with Gasteiger partial charge in [0.25, 0.3) is 0 Å². The van der Waals surface area contributed by atoms with Crippen molar-refractivity contribution in [3.05, 3.63) is 24.2 Å². The number of rotatable bonds is 7. The third-order valence-corrected chi connectivity index (χ3v) is 4.89. The van der Waals surface area contributed by atoms with E-state index in [2.05, 4.69) is 15.4 Å². The summed E-state index contributed by atoms with van der Waals surface area (Å²) in [5.41, 5.74) is 7.48. The van der Waals surface area contributed by atoms with Crippen LogP contribution in [0.3, 0.4) is 0 Å². The number of hydrogen-bond donors (Lipinski definition) is 2. The van der Waals surface area contributed by atoms with Gasteiger partial charge in [-0.15, -0.1) is 0 Å². The molecule has 1 aliphatic rings. The van der Waals surface area contributed by atoms with Crippen LogP contribution in [0.15, 0.2) is 18.5 Å². The van der Waals surface area contributed by atoms with E-state index >= 15 is 0 Å². The second-order valence-electron chi connectivity index (χ2n) is 7.97. The van der Waals surface area contributed by atoms with E-state index in [0.29, 0.717) is 5.82 Å². The first kappa shape index (κ1) is 21.8. The summed E-state index contributed by atoms with van der Waals surface area (Å²) in [6.45, 7) is 7.27. The summed E-state index contributed by atoms with van der Waals surface area (Å²) >= 11 is 0. The highest BCUT2D eigenvalue weighted by atomic mass is 16.6. The monoisotopic (exact) mass is 419 g/mol. The van der Waals surface area contributed by atoms with Gasteiger partial charge in [0, 0.05) is 0 Å². The Balaban J connectivity index is 1.52. The van der Waals surface area contributed by atoms with Crippen LogP contribution in [-0.2, 0) is 19.0 Å². The molecule has 0 spiro atoms. The van der Waals surface area contributed by atoms with Crippen molar-refractivity contribution in [2.45, 2.75) is 64.9 Å². The molecule has 3 rings (SSSR count). The lowest BCUT2D eigenvalue weighted by Gasteiger charge is -2.22. The molecule has 0 saturated carbocycles. The highest BCUT2D eigenvalue weighted by molar-refractivity contribution is 5.81. The lowest BCUT2D eigenvalue weighted by molar-refractivity contribution is -0.151. The van der Waals surface area contributed by atoms with Crippen molar-refractivity contribution >= 4 is 23.4 Å². The quantitative estimate of drug-likeness (QED) is 0.654. The number of nitrogens with zero attached hydrogens (tertiary/aromatic N) is 3. The number of nitrogens with one attached hydrogen (secondary N) is 1. The molecule has 0 aromatic carbocycles. The zero-order valence-electron chi connectivity index (χ0n) is 17.7. The van der Waals surface area contributed by atoms with Crippen LogP contribution in [0, 0.1) is 5.92 Å². The summed E-state index contributed by atoms with van der Waals surface area (Å²) in [6.07, 6.45) is 1.55. The molecule has 10 nitrogen and oxygen atoms in total. The van der Waals surface area contributed by atoms with Crippen molar-refractivity contribution in [2.75, 3.05) is 12.3 Å². The molecule has 3 heterocycles. The Morgan fingerprint density at radius 2 is 2.07 bits per heavy atom. The summed E-state index contributed by atoms with van der Waals surface area (Å²) in [7, 11) is 0. The van der Waals surface area contributed by atoms with E-state index in [0.717, 1.165) is 24.1 Å². The number of hydrogen-bond acceptors (Lipinski definition) is 8. The lowest BCUT2D eigenvalue weighted by Crippen LogP contribution is -2.46. The van der Waals surface area contributed by atoms with E-state index in [-0.39, 0.29) is 30.8 Å². The summed E-state index contributed by atoms with van der Waals surface area (Å²) in [4.78, 5) is 28.3. The Hall–Kier alpha value is -2.88. The lowest BCUT2D eigenvalue weighted by atomic mass is 10.1. The standard InChI is InChI=1S/C20H29N5O5/c1-11(2)17(19(26)29-12(3)4)24-20(27)28-9-13-5-8-16(30-13)14-6-7-15-18(21)22-10-23-25(14)15/h6-7,10-13,16-17H,5,8-9H2,1-4H3,(H,24,27)(H2,21,22,23). The van der Waals surface area contributed by atoms with Crippen LogP contribution in [0.1, 0.15) is 52.3 Å². The van der Waals surface area contributed by atoms with Gasteiger partial charge in [-0.1, -0.05) is 13.8 Å². The molecule has 3 unspecified atom stereocenters. The van der Waals surface area contributed by atoms with Gasteiger partial charge in [-0.25, -0.2) is 19.1 Å². The van der Waals surface area contributed by atoms with Crippen LogP contribution >= 0.6 is 0 Å². The molecular weight excluding hydrogens is 390 g/mol. The smallest absolute Gasteiger partial charge is 0.407 e. The molecule has 2 aromatic rings. The predicted molar refractivity (Wildman–Crippen MR) is 109 cm³/mol. The fourth-order valence-electron chi connectivity index (χ4n) is 3.40. The molecule has 3 N–H and O–H groups in total. The fourth-order valence-corrected chi connectivity index (χ4v) is 3.40. The van der Waals surface area contributed by atoms with Crippen molar-refractivity contribution in [1.82, 2.24) is 19.9 Å². The fraction of sp³-hybridized carbons (Fsp3) is 0.600. The minimum atomic E-state index is -0.769. The first-order chi connectivity index (χ1) is 14.3. The molecule has 1 aliphatic heterocycles. The number of carbonyl (C=O) groups excluding carboxylic acids is 2. The molecule has 3 atom stereocenters. The molecular formula is C20H29N5O5. The SMILES string of the molecule is CC(C)OC(=O)C(NC(=O)OCC1CCC(c2ccc3c(N)ncnn23)O1)C(C)C. The van der Waals surface area contributed by atoms with Gasteiger partial charge in [0.15, 0.2) is 5.82 Å². The van der Waals surface area contributed by atoms with Crippen molar-refractivity contribution in [3.63, 3.8) is 0 Å². The van der Waals surface area contributed by atoms with Crippen molar-refractivity contribution in [1.29, 1.82) is 0 Å². The second kappa shape index (κ2) is 9.29. The van der Waals surface area contributed by atoms with E-state index in [1.165, 1.54) is 6.33 Å². The summed E-state index contributed by atoms with van der Waals surface area (Å²) in [5, 5.41) is 6.83.